The summed E-state index contributed by atoms with van der Waals surface area (Å²) in [6, 6.07) is 9.05. The van der Waals surface area contributed by atoms with Crippen molar-refractivity contribution in [3.8, 4) is 0 Å². The number of nitrogens with one attached hydrogen (secondary N) is 1. The van der Waals surface area contributed by atoms with Crippen LogP contribution < -0.4 is 5.32 Å². The van der Waals surface area contributed by atoms with E-state index in [1.807, 2.05) is 18.4 Å². The molecule has 1 atom stereocenters. The number of benzene rings is 1. The van der Waals surface area contributed by atoms with Gasteiger partial charge in [-0.15, -0.1) is 11.3 Å². The van der Waals surface area contributed by atoms with Gasteiger partial charge in [0.25, 0.3) is 5.91 Å². The zero-order valence-electron chi connectivity index (χ0n) is 18.5. The van der Waals surface area contributed by atoms with Gasteiger partial charge in [0, 0.05) is 43.2 Å². The van der Waals surface area contributed by atoms with Gasteiger partial charge >= 0.3 is 0 Å². The number of carbonyl (C=O) groups is 1. The van der Waals surface area contributed by atoms with Crippen LogP contribution >= 0.6 is 11.3 Å². The van der Waals surface area contributed by atoms with Gasteiger partial charge in [-0.25, -0.2) is 8.42 Å². The van der Waals surface area contributed by atoms with Crippen LogP contribution in [-0.4, -0.2) is 69.5 Å². The van der Waals surface area contributed by atoms with Gasteiger partial charge in [0.15, 0.2) is 0 Å². The van der Waals surface area contributed by atoms with E-state index in [1.54, 1.807) is 23.5 Å². The number of piperidine rings is 1. The van der Waals surface area contributed by atoms with E-state index in [1.165, 1.54) is 15.2 Å². The van der Waals surface area contributed by atoms with Crippen molar-refractivity contribution in [3.05, 3.63) is 51.7 Å². The average Bonchev–Trinajstić information content (AvgIpc) is 3.35. The third kappa shape index (κ3) is 5.23. The minimum atomic E-state index is -3.59. The van der Waals surface area contributed by atoms with Crippen molar-refractivity contribution in [2.24, 2.45) is 0 Å². The molecule has 2 fully saturated rings. The molecule has 4 rings (SSSR count). The highest BCUT2D eigenvalue weighted by Gasteiger charge is 2.28. The smallest absolute Gasteiger partial charge is 0.251 e. The van der Waals surface area contributed by atoms with Crippen molar-refractivity contribution in [1.82, 2.24) is 14.5 Å². The summed E-state index contributed by atoms with van der Waals surface area (Å²) in [4.78, 5) is 16.8. The van der Waals surface area contributed by atoms with Crippen LogP contribution in [-0.2, 0) is 14.8 Å². The number of thiophene rings is 1. The summed E-state index contributed by atoms with van der Waals surface area (Å²) in [5.41, 5.74) is 1.18. The SMILES string of the molecule is Cc1ccc(S(=O)(=O)N2CCCCC2)cc1C(=O)NCC(c1cccs1)N1CCOCC1. The van der Waals surface area contributed by atoms with E-state index in [0.29, 0.717) is 38.4 Å². The third-order valence-corrected chi connectivity index (χ3v) is 9.09. The Morgan fingerprint density at radius 3 is 2.56 bits per heavy atom. The van der Waals surface area contributed by atoms with Gasteiger partial charge in [-0.2, -0.15) is 4.31 Å². The molecule has 1 aromatic heterocycles. The largest absolute Gasteiger partial charge is 0.379 e. The molecule has 1 unspecified atom stereocenters. The molecule has 0 bridgehead atoms. The van der Waals surface area contributed by atoms with E-state index in [2.05, 4.69) is 16.3 Å². The first-order valence-electron chi connectivity index (χ1n) is 11.2. The number of hydrogen-bond acceptors (Lipinski definition) is 6. The topological polar surface area (TPSA) is 79.0 Å². The van der Waals surface area contributed by atoms with Gasteiger partial charge < -0.3 is 10.1 Å². The number of morpholine rings is 1. The van der Waals surface area contributed by atoms with E-state index in [0.717, 1.165) is 37.9 Å². The molecule has 3 heterocycles. The van der Waals surface area contributed by atoms with Gasteiger partial charge in [0.2, 0.25) is 10.0 Å². The number of nitrogens with zero attached hydrogens (tertiary/aromatic N) is 2. The number of ether oxygens (including phenoxy) is 1. The standard InChI is InChI=1S/C23H31N3O4S2/c1-18-7-8-19(32(28,29)26-9-3-2-4-10-26)16-20(18)23(27)24-17-21(22-6-5-15-31-22)25-11-13-30-14-12-25/h5-8,15-16,21H,2-4,9-14,17H2,1H3,(H,24,27). The summed E-state index contributed by atoms with van der Waals surface area (Å²) in [6.45, 7) is 6.39. The fourth-order valence-corrected chi connectivity index (χ4v) is 6.73. The second kappa shape index (κ2) is 10.4. The van der Waals surface area contributed by atoms with Gasteiger partial charge in [-0.3, -0.25) is 9.69 Å². The molecule has 0 aliphatic carbocycles. The fraction of sp³-hybridized carbons (Fsp3) is 0.522. The normalized spacial score (nSPS) is 19.5. The Kier molecular flexibility index (Phi) is 7.63. The van der Waals surface area contributed by atoms with Crippen LogP contribution in [0.2, 0.25) is 0 Å². The lowest BCUT2D eigenvalue weighted by Crippen LogP contribution is -2.43. The molecule has 2 saturated heterocycles. The summed E-state index contributed by atoms with van der Waals surface area (Å²) in [7, 11) is -3.59. The number of hydrogen-bond donors (Lipinski definition) is 1. The van der Waals surface area contributed by atoms with E-state index in [9.17, 15) is 13.2 Å². The maximum absolute atomic E-state index is 13.1. The minimum absolute atomic E-state index is 0.0726. The molecule has 0 saturated carbocycles. The van der Waals surface area contributed by atoms with Crippen molar-refractivity contribution in [2.45, 2.75) is 37.1 Å². The molecule has 1 aromatic carbocycles. The second-order valence-electron chi connectivity index (χ2n) is 8.33. The maximum atomic E-state index is 13.1. The highest BCUT2D eigenvalue weighted by molar-refractivity contribution is 7.89. The molecular weight excluding hydrogens is 446 g/mol. The van der Waals surface area contributed by atoms with Crippen molar-refractivity contribution in [1.29, 1.82) is 0 Å². The van der Waals surface area contributed by atoms with E-state index >= 15 is 0 Å². The van der Waals surface area contributed by atoms with Crippen LogP contribution in [0.4, 0.5) is 0 Å². The van der Waals surface area contributed by atoms with Crippen LogP contribution in [0.25, 0.3) is 0 Å². The van der Waals surface area contributed by atoms with E-state index in [-0.39, 0.29) is 16.8 Å². The van der Waals surface area contributed by atoms with Crippen LogP contribution in [0, 0.1) is 6.92 Å². The monoisotopic (exact) mass is 477 g/mol. The number of rotatable bonds is 7. The molecule has 7 nitrogen and oxygen atoms in total. The Morgan fingerprint density at radius 1 is 1.12 bits per heavy atom. The Labute approximate surface area is 194 Å². The molecule has 2 aliphatic heterocycles. The Morgan fingerprint density at radius 2 is 1.88 bits per heavy atom. The van der Waals surface area contributed by atoms with Gasteiger partial charge in [-0.1, -0.05) is 18.6 Å². The van der Waals surface area contributed by atoms with Gasteiger partial charge in [0.1, 0.15) is 0 Å². The summed E-state index contributed by atoms with van der Waals surface area (Å²) in [6.07, 6.45) is 2.82. The summed E-state index contributed by atoms with van der Waals surface area (Å²) >= 11 is 1.68. The lowest BCUT2D eigenvalue weighted by molar-refractivity contribution is 0.0169. The lowest BCUT2D eigenvalue weighted by atomic mass is 10.1. The van der Waals surface area contributed by atoms with Crippen LogP contribution in [0.15, 0.2) is 40.6 Å². The second-order valence-corrected chi connectivity index (χ2v) is 11.2. The predicted octanol–water partition coefficient (Wildman–Crippen LogP) is 3.03. The molecule has 1 N–H and O–H groups in total. The third-order valence-electron chi connectivity index (χ3n) is 6.22. The molecule has 32 heavy (non-hydrogen) atoms. The molecule has 0 radical (unpaired) electrons. The molecule has 1 amide bonds. The van der Waals surface area contributed by atoms with Crippen LogP contribution in [0.1, 0.15) is 46.1 Å². The van der Waals surface area contributed by atoms with Crippen molar-refractivity contribution in [2.75, 3.05) is 45.9 Å². The van der Waals surface area contributed by atoms with E-state index in [4.69, 9.17) is 4.74 Å². The number of sulfonamides is 1. The molecule has 9 heteroatoms. The number of amides is 1. The first kappa shape index (κ1) is 23.4. The lowest BCUT2D eigenvalue weighted by Gasteiger charge is -2.34. The highest BCUT2D eigenvalue weighted by atomic mass is 32.2. The van der Waals surface area contributed by atoms with Crippen molar-refractivity contribution in [3.63, 3.8) is 0 Å². The maximum Gasteiger partial charge on any atom is 0.251 e. The zero-order chi connectivity index (χ0) is 22.6. The molecular formula is C23H31N3O4S2. The number of carbonyl (C=O) groups excluding carboxylic acids is 1. The van der Waals surface area contributed by atoms with Gasteiger partial charge in [0.05, 0.1) is 24.2 Å². The van der Waals surface area contributed by atoms with Crippen LogP contribution in [0.5, 0.6) is 0 Å². The van der Waals surface area contributed by atoms with Gasteiger partial charge in [-0.05, 0) is 48.9 Å². The minimum Gasteiger partial charge on any atom is -0.379 e. The van der Waals surface area contributed by atoms with Crippen molar-refractivity contribution >= 4 is 27.3 Å². The fourth-order valence-electron chi connectivity index (χ4n) is 4.32. The first-order chi connectivity index (χ1) is 15.5. The molecule has 174 valence electrons. The average molecular weight is 478 g/mol. The van der Waals surface area contributed by atoms with E-state index < -0.39 is 10.0 Å². The molecule has 0 spiro atoms. The quantitative estimate of drug-likeness (QED) is 0.663. The predicted molar refractivity (Wildman–Crippen MR) is 126 cm³/mol. The Hall–Kier alpha value is -1.78. The Balaban J connectivity index is 1.50. The highest BCUT2D eigenvalue weighted by Crippen LogP contribution is 2.26. The summed E-state index contributed by atoms with van der Waals surface area (Å²) in [5, 5.41) is 5.11. The first-order valence-corrected chi connectivity index (χ1v) is 13.5. The zero-order valence-corrected chi connectivity index (χ0v) is 20.1. The van der Waals surface area contributed by atoms with Crippen LogP contribution in [0.3, 0.4) is 0 Å². The number of aryl methyl sites for hydroxylation is 1. The van der Waals surface area contributed by atoms with Crippen molar-refractivity contribution < 1.29 is 17.9 Å². The molecule has 2 aliphatic rings. The summed E-state index contributed by atoms with van der Waals surface area (Å²) < 4.78 is 33.2. The molecule has 2 aromatic rings. The Bertz CT molecular complexity index is 1010. The summed E-state index contributed by atoms with van der Waals surface area (Å²) in [5.74, 6) is -0.243.